The minimum atomic E-state index is -0.593. The molecule has 1 amide bonds. The number of halogens is 2. The van der Waals surface area contributed by atoms with Crippen LogP contribution in [-0.4, -0.2) is 25.2 Å². The highest BCUT2D eigenvalue weighted by Gasteiger charge is 2.22. The molecule has 21 heavy (non-hydrogen) atoms. The van der Waals surface area contributed by atoms with E-state index < -0.39 is 11.6 Å². The summed E-state index contributed by atoms with van der Waals surface area (Å²) in [5.41, 5.74) is 0.336. The van der Waals surface area contributed by atoms with Gasteiger partial charge in [-0.15, -0.1) is 0 Å². The number of carbonyl (C=O) groups is 1. The predicted octanol–water partition coefficient (Wildman–Crippen LogP) is 2.97. The first-order valence-corrected chi connectivity index (χ1v) is 7.04. The molecule has 114 valence electrons. The van der Waals surface area contributed by atoms with E-state index in [1.54, 1.807) is 6.92 Å². The average molecular weight is 295 g/mol. The van der Waals surface area contributed by atoms with Crippen LogP contribution in [0, 0.1) is 18.6 Å². The summed E-state index contributed by atoms with van der Waals surface area (Å²) < 4.78 is 32.9. The second kappa shape index (κ2) is 6.80. The number of ether oxygens (including phenoxy) is 1. The predicted molar refractivity (Wildman–Crippen MR) is 76.7 cm³/mol. The van der Waals surface area contributed by atoms with Gasteiger partial charge in [-0.3, -0.25) is 4.79 Å². The third kappa shape index (κ3) is 3.47. The first kappa shape index (κ1) is 15.6. The lowest BCUT2D eigenvalue weighted by molar-refractivity contribution is -0.116. The molecule has 1 aliphatic rings. The Morgan fingerprint density at radius 2 is 1.90 bits per heavy atom. The lowest BCUT2D eigenvalue weighted by atomic mass is 9.97. The van der Waals surface area contributed by atoms with Crippen LogP contribution in [-0.2, 0) is 9.53 Å². The van der Waals surface area contributed by atoms with Crippen LogP contribution in [0.5, 0.6) is 0 Å². The van der Waals surface area contributed by atoms with Crippen LogP contribution < -0.4 is 5.32 Å². The summed E-state index contributed by atoms with van der Waals surface area (Å²) in [4.78, 5) is 12.3. The molecule has 1 N–H and O–H groups in total. The van der Waals surface area contributed by atoms with Crippen LogP contribution in [0.3, 0.4) is 0 Å². The third-order valence-corrected chi connectivity index (χ3v) is 3.71. The van der Waals surface area contributed by atoms with E-state index in [9.17, 15) is 13.6 Å². The van der Waals surface area contributed by atoms with Crippen molar-refractivity contribution < 1.29 is 18.3 Å². The zero-order valence-electron chi connectivity index (χ0n) is 12.2. The number of allylic oxidation sites excluding steroid dienone is 1. The number of nitrogens with one attached hydrogen (secondary N) is 1. The summed E-state index contributed by atoms with van der Waals surface area (Å²) in [6, 6.07) is 2.12. The normalized spacial score (nSPS) is 16.9. The second-order valence-electron chi connectivity index (χ2n) is 5.09. The topological polar surface area (TPSA) is 38.3 Å². The summed E-state index contributed by atoms with van der Waals surface area (Å²) in [5, 5.41) is 2.87. The van der Waals surface area contributed by atoms with E-state index in [1.807, 2.05) is 0 Å². The summed E-state index contributed by atoms with van der Waals surface area (Å²) in [6.07, 6.45) is 2.97. The van der Waals surface area contributed by atoms with Gasteiger partial charge in [-0.1, -0.05) is 6.08 Å². The SMILES string of the molecule is C/C=C(/C(=O)NC1CCOCC1)c1c(F)ccc(F)c1C. The number of benzene rings is 1. The van der Waals surface area contributed by atoms with Gasteiger partial charge in [0.2, 0.25) is 0 Å². The first-order chi connectivity index (χ1) is 10.0. The molecule has 0 unspecified atom stereocenters. The second-order valence-corrected chi connectivity index (χ2v) is 5.09. The maximum atomic E-state index is 14.0. The Hall–Kier alpha value is -1.75. The highest BCUT2D eigenvalue weighted by molar-refractivity contribution is 6.20. The first-order valence-electron chi connectivity index (χ1n) is 7.04. The summed E-state index contributed by atoms with van der Waals surface area (Å²) >= 11 is 0. The van der Waals surface area contributed by atoms with Gasteiger partial charge < -0.3 is 10.1 Å². The molecule has 1 fully saturated rings. The Bertz CT molecular complexity index is 564. The van der Waals surface area contributed by atoms with Crippen LogP contribution in [0.25, 0.3) is 5.57 Å². The van der Waals surface area contributed by atoms with Crippen molar-refractivity contribution in [3.63, 3.8) is 0 Å². The molecule has 0 saturated carbocycles. The molecule has 1 heterocycles. The van der Waals surface area contributed by atoms with Crippen molar-refractivity contribution in [2.75, 3.05) is 13.2 Å². The van der Waals surface area contributed by atoms with Crippen LogP contribution in [0.1, 0.15) is 30.9 Å². The van der Waals surface area contributed by atoms with Crippen LogP contribution >= 0.6 is 0 Å². The van der Waals surface area contributed by atoms with Crippen molar-refractivity contribution >= 4 is 11.5 Å². The van der Waals surface area contributed by atoms with Gasteiger partial charge in [0.25, 0.3) is 5.91 Å². The van der Waals surface area contributed by atoms with Crippen molar-refractivity contribution in [1.82, 2.24) is 5.32 Å². The Morgan fingerprint density at radius 3 is 2.52 bits per heavy atom. The fourth-order valence-corrected chi connectivity index (χ4v) is 2.48. The molecule has 2 rings (SSSR count). The average Bonchev–Trinajstić information content (AvgIpc) is 2.48. The maximum Gasteiger partial charge on any atom is 0.251 e. The quantitative estimate of drug-likeness (QED) is 0.871. The van der Waals surface area contributed by atoms with Gasteiger partial charge in [0.1, 0.15) is 11.6 Å². The number of hydrogen-bond acceptors (Lipinski definition) is 2. The van der Waals surface area contributed by atoms with Gasteiger partial charge in [-0.25, -0.2) is 8.78 Å². The van der Waals surface area contributed by atoms with Gasteiger partial charge >= 0.3 is 0 Å². The van der Waals surface area contributed by atoms with Gasteiger partial charge in [0, 0.05) is 30.4 Å². The molecule has 0 aromatic heterocycles. The molecule has 0 spiro atoms. The zero-order chi connectivity index (χ0) is 15.4. The van der Waals surface area contributed by atoms with Crippen molar-refractivity contribution in [2.24, 2.45) is 0 Å². The van der Waals surface area contributed by atoms with Crippen molar-refractivity contribution in [2.45, 2.75) is 32.7 Å². The molecule has 0 aliphatic carbocycles. The minimum absolute atomic E-state index is 0.0122. The van der Waals surface area contributed by atoms with Crippen molar-refractivity contribution in [3.05, 3.63) is 41.0 Å². The molecule has 0 bridgehead atoms. The number of carbonyl (C=O) groups excluding carboxylic acids is 1. The minimum Gasteiger partial charge on any atom is -0.381 e. The Labute approximate surface area is 123 Å². The molecule has 1 aromatic rings. The maximum absolute atomic E-state index is 14.0. The summed E-state index contributed by atoms with van der Waals surface area (Å²) in [5.74, 6) is -1.49. The smallest absolute Gasteiger partial charge is 0.251 e. The van der Waals surface area contributed by atoms with E-state index >= 15 is 0 Å². The molecule has 0 atom stereocenters. The Morgan fingerprint density at radius 1 is 1.29 bits per heavy atom. The fourth-order valence-electron chi connectivity index (χ4n) is 2.48. The molecule has 1 aliphatic heterocycles. The Kier molecular flexibility index (Phi) is 5.07. The lowest BCUT2D eigenvalue weighted by Crippen LogP contribution is -2.39. The molecular weight excluding hydrogens is 276 g/mol. The number of amides is 1. The molecule has 1 aromatic carbocycles. The summed E-state index contributed by atoms with van der Waals surface area (Å²) in [7, 11) is 0. The van der Waals surface area contributed by atoms with Gasteiger partial charge in [0.15, 0.2) is 0 Å². The zero-order valence-corrected chi connectivity index (χ0v) is 12.2. The van der Waals surface area contributed by atoms with Gasteiger partial charge in [-0.05, 0) is 44.4 Å². The van der Waals surface area contributed by atoms with E-state index in [2.05, 4.69) is 5.32 Å². The van der Waals surface area contributed by atoms with Crippen LogP contribution in [0.15, 0.2) is 18.2 Å². The highest BCUT2D eigenvalue weighted by Crippen LogP contribution is 2.25. The summed E-state index contributed by atoms with van der Waals surface area (Å²) in [6.45, 7) is 4.31. The highest BCUT2D eigenvalue weighted by atomic mass is 19.1. The van der Waals surface area contributed by atoms with E-state index in [-0.39, 0.29) is 28.6 Å². The van der Waals surface area contributed by atoms with Crippen molar-refractivity contribution in [3.8, 4) is 0 Å². The monoisotopic (exact) mass is 295 g/mol. The van der Waals surface area contributed by atoms with Crippen molar-refractivity contribution in [1.29, 1.82) is 0 Å². The van der Waals surface area contributed by atoms with E-state index in [1.165, 1.54) is 13.0 Å². The number of hydrogen-bond donors (Lipinski definition) is 1. The van der Waals surface area contributed by atoms with E-state index in [0.29, 0.717) is 13.2 Å². The van der Waals surface area contributed by atoms with Crippen LogP contribution in [0.4, 0.5) is 8.78 Å². The van der Waals surface area contributed by atoms with E-state index in [0.717, 1.165) is 25.0 Å². The fraction of sp³-hybridized carbons (Fsp3) is 0.438. The van der Waals surface area contributed by atoms with E-state index in [4.69, 9.17) is 4.74 Å². The van der Waals surface area contributed by atoms with Crippen LogP contribution in [0.2, 0.25) is 0 Å². The molecular formula is C16H19F2NO2. The third-order valence-electron chi connectivity index (χ3n) is 3.71. The Balaban J connectivity index is 2.24. The standard InChI is InChI=1S/C16H19F2NO2/c1-3-12(15-10(2)13(17)4-5-14(15)18)16(20)19-11-6-8-21-9-7-11/h3-5,11H,6-9H2,1-2H3,(H,19,20)/b12-3+. The lowest BCUT2D eigenvalue weighted by Gasteiger charge is -2.24. The van der Waals surface area contributed by atoms with Gasteiger partial charge in [0.05, 0.1) is 0 Å². The van der Waals surface area contributed by atoms with Gasteiger partial charge in [-0.2, -0.15) is 0 Å². The largest absolute Gasteiger partial charge is 0.381 e. The molecule has 3 nitrogen and oxygen atoms in total. The molecule has 1 saturated heterocycles. The number of rotatable bonds is 3. The molecule has 0 radical (unpaired) electrons. The molecule has 5 heteroatoms.